The monoisotopic (exact) mass is 271 g/mol. The topological polar surface area (TPSA) is 105 Å². The first-order chi connectivity index (χ1) is 7.99. The van der Waals surface area contributed by atoms with Crippen LogP contribution in [0.25, 0.3) is 0 Å². The first-order valence-electron chi connectivity index (χ1n) is 4.50. The number of aromatic nitrogens is 1. The van der Waals surface area contributed by atoms with Crippen LogP contribution in [0.4, 0.5) is 10.8 Å². The Morgan fingerprint density at radius 1 is 1.41 bits per heavy atom. The molecule has 4 N–H and O–H groups in total. The van der Waals surface area contributed by atoms with Crippen molar-refractivity contribution >= 4 is 32.2 Å². The first kappa shape index (κ1) is 11.7. The molecule has 0 fully saturated rings. The van der Waals surface area contributed by atoms with Gasteiger partial charge in [-0.05, 0) is 12.1 Å². The number of thiazole rings is 1. The maximum Gasteiger partial charge on any atom is 0.267 e. The number of nitrogens with two attached hydrogens (primary N) is 1. The molecule has 17 heavy (non-hydrogen) atoms. The van der Waals surface area contributed by atoms with Gasteiger partial charge >= 0.3 is 0 Å². The van der Waals surface area contributed by atoms with Gasteiger partial charge < -0.3 is 10.8 Å². The molecule has 2 aromatic rings. The van der Waals surface area contributed by atoms with E-state index in [1.54, 1.807) is 5.38 Å². The minimum absolute atomic E-state index is 0.234. The minimum atomic E-state index is -3.84. The van der Waals surface area contributed by atoms with Crippen molar-refractivity contribution in [1.82, 2.24) is 4.98 Å². The maximum absolute atomic E-state index is 11.9. The molecule has 6 nitrogen and oxygen atoms in total. The predicted molar refractivity (Wildman–Crippen MR) is 65.4 cm³/mol. The molecule has 8 heteroatoms. The molecule has 0 atom stereocenters. The van der Waals surface area contributed by atoms with E-state index >= 15 is 0 Å². The summed E-state index contributed by atoms with van der Waals surface area (Å²) in [6, 6.07) is 3.81. The van der Waals surface area contributed by atoms with Gasteiger partial charge in [-0.1, -0.05) is 0 Å². The molecule has 0 aliphatic carbocycles. The lowest BCUT2D eigenvalue weighted by molar-refractivity contribution is 0.459. The number of phenols is 1. The third-order valence-electron chi connectivity index (χ3n) is 1.93. The second-order valence-corrected chi connectivity index (χ2v) is 5.72. The van der Waals surface area contributed by atoms with E-state index in [9.17, 15) is 13.5 Å². The lowest BCUT2D eigenvalue weighted by atomic mass is 10.3. The molecule has 0 aliphatic heterocycles. The van der Waals surface area contributed by atoms with Gasteiger partial charge in [-0.2, -0.15) is 0 Å². The van der Waals surface area contributed by atoms with Crippen LogP contribution in [0.5, 0.6) is 5.75 Å². The number of benzene rings is 1. The van der Waals surface area contributed by atoms with Crippen LogP contribution in [0.1, 0.15) is 0 Å². The second kappa shape index (κ2) is 4.22. The molecule has 1 aromatic carbocycles. The van der Waals surface area contributed by atoms with Gasteiger partial charge in [0.15, 0.2) is 5.13 Å². The molecule has 0 unspecified atom stereocenters. The first-order valence-corrected chi connectivity index (χ1v) is 6.86. The molecule has 0 saturated carbocycles. The standard InChI is InChI=1S/C9H9N3O3S2/c10-6-1-2-8(7(13)5-6)17(14,15)12-9-11-3-4-16-9/h1-5,13H,10H2,(H,11,12). The van der Waals surface area contributed by atoms with Crippen molar-refractivity contribution < 1.29 is 13.5 Å². The van der Waals surface area contributed by atoms with E-state index in [0.717, 1.165) is 11.3 Å². The average molecular weight is 271 g/mol. The van der Waals surface area contributed by atoms with Gasteiger partial charge in [-0.15, -0.1) is 11.3 Å². The van der Waals surface area contributed by atoms with Crippen molar-refractivity contribution in [1.29, 1.82) is 0 Å². The summed E-state index contributed by atoms with van der Waals surface area (Å²) in [5.74, 6) is -0.394. The average Bonchev–Trinajstić information content (AvgIpc) is 2.68. The Balaban J connectivity index is 2.38. The smallest absolute Gasteiger partial charge is 0.267 e. The molecule has 0 bridgehead atoms. The van der Waals surface area contributed by atoms with Crippen molar-refractivity contribution in [2.45, 2.75) is 4.90 Å². The fourth-order valence-electron chi connectivity index (χ4n) is 1.21. The molecular weight excluding hydrogens is 262 g/mol. The van der Waals surface area contributed by atoms with Crippen molar-refractivity contribution in [3.8, 4) is 5.75 Å². The number of nitrogens with zero attached hydrogens (tertiary/aromatic N) is 1. The third-order valence-corrected chi connectivity index (χ3v) is 4.13. The molecule has 2 rings (SSSR count). The summed E-state index contributed by atoms with van der Waals surface area (Å²) in [6.45, 7) is 0. The van der Waals surface area contributed by atoms with Crippen LogP contribution in [-0.4, -0.2) is 18.5 Å². The highest BCUT2D eigenvalue weighted by atomic mass is 32.2. The molecule has 1 aromatic heterocycles. The third kappa shape index (κ3) is 2.48. The summed E-state index contributed by atoms with van der Waals surface area (Å²) in [4.78, 5) is 3.56. The lowest BCUT2D eigenvalue weighted by Gasteiger charge is -2.07. The number of hydrogen-bond acceptors (Lipinski definition) is 6. The van der Waals surface area contributed by atoms with Crippen LogP contribution < -0.4 is 10.5 Å². The molecule has 0 amide bonds. The zero-order valence-electron chi connectivity index (χ0n) is 8.49. The van der Waals surface area contributed by atoms with E-state index in [0.29, 0.717) is 0 Å². The van der Waals surface area contributed by atoms with E-state index in [4.69, 9.17) is 5.73 Å². The quantitative estimate of drug-likeness (QED) is 0.728. The molecule has 1 heterocycles. The number of phenolic OH excluding ortho intramolecular Hbond substituents is 1. The number of nitrogen functional groups attached to an aromatic ring is 1. The maximum atomic E-state index is 11.9. The van der Waals surface area contributed by atoms with Crippen molar-refractivity contribution in [3.05, 3.63) is 29.8 Å². The Morgan fingerprint density at radius 3 is 2.76 bits per heavy atom. The number of sulfonamides is 1. The molecule has 0 aliphatic rings. The second-order valence-electron chi connectivity index (χ2n) is 3.17. The summed E-state index contributed by atoms with van der Waals surface area (Å²) in [7, 11) is -3.84. The van der Waals surface area contributed by atoms with E-state index in [-0.39, 0.29) is 15.7 Å². The Bertz CT molecular complexity index is 623. The number of aromatic hydroxyl groups is 1. The fourth-order valence-corrected chi connectivity index (χ4v) is 3.07. The van der Waals surface area contributed by atoms with E-state index < -0.39 is 15.8 Å². The van der Waals surface area contributed by atoms with Gasteiger partial charge in [0.05, 0.1) is 0 Å². The van der Waals surface area contributed by atoms with Crippen LogP contribution >= 0.6 is 11.3 Å². The Labute approximate surface area is 102 Å². The van der Waals surface area contributed by atoms with Crippen molar-refractivity contribution in [3.63, 3.8) is 0 Å². The summed E-state index contributed by atoms with van der Waals surface area (Å²) < 4.78 is 26.0. The van der Waals surface area contributed by atoms with E-state index in [1.165, 1.54) is 24.4 Å². The van der Waals surface area contributed by atoms with Crippen LogP contribution in [0.15, 0.2) is 34.7 Å². The zero-order valence-corrected chi connectivity index (χ0v) is 10.1. The summed E-state index contributed by atoms with van der Waals surface area (Å²) in [5, 5.41) is 11.4. The van der Waals surface area contributed by atoms with Gasteiger partial charge in [-0.3, -0.25) is 4.72 Å². The normalized spacial score (nSPS) is 11.3. The van der Waals surface area contributed by atoms with E-state index in [1.807, 2.05) is 0 Å². The number of nitrogens with one attached hydrogen (secondary N) is 1. The van der Waals surface area contributed by atoms with Crippen LogP contribution in [-0.2, 0) is 10.0 Å². The van der Waals surface area contributed by atoms with Gasteiger partial charge in [0.1, 0.15) is 10.6 Å². The summed E-state index contributed by atoms with van der Waals surface area (Å²) in [5.41, 5.74) is 5.71. The molecule has 0 saturated heterocycles. The zero-order chi connectivity index (χ0) is 12.5. The van der Waals surface area contributed by atoms with Crippen LogP contribution in [0.2, 0.25) is 0 Å². The van der Waals surface area contributed by atoms with Crippen LogP contribution in [0.3, 0.4) is 0 Å². The molecule has 90 valence electrons. The van der Waals surface area contributed by atoms with Gasteiger partial charge in [0, 0.05) is 23.3 Å². The fraction of sp³-hybridized carbons (Fsp3) is 0. The predicted octanol–water partition coefficient (Wildman–Crippen LogP) is 1.23. The highest BCUT2D eigenvalue weighted by Gasteiger charge is 2.19. The Hall–Kier alpha value is -1.80. The SMILES string of the molecule is Nc1ccc(S(=O)(=O)Nc2nccs2)c(O)c1. The van der Waals surface area contributed by atoms with Crippen molar-refractivity contribution in [2.75, 3.05) is 10.5 Å². The summed E-state index contributed by atoms with van der Waals surface area (Å²) in [6.07, 6.45) is 1.48. The Kier molecular flexibility index (Phi) is 2.90. The van der Waals surface area contributed by atoms with Gasteiger partial charge in [-0.25, -0.2) is 13.4 Å². The van der Waals surface area contributed by atoms with Gasteiger partial charge in [0.2, 0.25) is 0 Å². The number of hydrogen-bond donors (Lipinski definition) is 3. The van der Waals surface area contributed by atoms with Gasteiger partial charge in [0.25, 0.3) is 10.0 Å². The molecular formula is C9H9N3O3S2. The van der Waals surface area contributed by atoms with E-state index in [2.05, 4.69) is 9.71 Å². The van der Waals surface area contributed by atoms with Crippen molar-refractivity contribution in [2.24, 2.45) is 0 Å². The highest BCUT2D eigenvalue weighted by molar-refractivity contribution is 7.93. The minimum Gasteiger partial charge on any atom is -0.506 e. The summed E-state index contributed by atoms with van der Waals surface area (Å²) >= 11 is 1.15. The Morgan fingerprint density at radius 2 is 2.18 bits per heavy atom. The number of rotatable bonds is 3. The highest BCUT2D eigenvalue weighted by Crippen LogP contribution is 2.27. The molecule has 0 spiro atoms. The molecule has 0 radical (unpaired) electrons. The largest absolute Gasteiger partial charge is 0.506 e. The van der Waals surface area contributed by atoms with Crippen LogP contribution in [0, 0.1) is 0 Å². The lowest BCUT2D eigenvalue weighted by Crippen LogP contribution is -2.13. The number of anilines is 2.